The molecule has 0 aliphatic carbocycles. The maximum absolute atomic E-state index is 12.4. The molecule has 0 bridgehead atoms. The Hall–Kier alpha value is -0.310. The quantitative estimate of drug-likeness (QED) is 0.724. The number of halogens is 1. The predicted molar refractivity (Wildman–Crippen MR) is 104 cm³/mol. The molecule has 1 atom stereocenters. The maximum atomic E-state index is 12.4. The summed E-state index contributed by atoms with van der Waals surface area (Å²) in [6, 6.07) is 8.41. The minimum absolute atomic E-state index is 0.158. The van der Waals surface area contributed by atoms with Crippen molar-refractivity contribution in [3.8, 4) is 0 Å². The van der Waals surface area contributed by atoms with Gasteiger partial charge in [-0.3, -0.25) is 9.69 Å². The molecule has 2 fully saturated rings. The molecule has 126 valence electrons. The highest BCUT2D eigenvalue weighted by molar-refractivity contribution is 14.1. The van der Waals surface area contributed by atoms with Crippen LogP contribution < -0.4 is 5.73 Å². The van der Waals surface area contributed by atoms with E-state index in [9.17, 15) is 4.79 Å². The number of piperidine rings is 1. The van der Waals surface area contributed by atoms with E-state index in [2.05, 4.69) is 51.8 Å². The monoisotopic (exact) mass is 445 g/mol. The van der Waals surface area contributed by atoms with E-state index in [0.717, 1.165) is 50.7 Å². The van der Waals surface area contributed by atoms with Crippen LogP contribution in [0.4, 0.5) is 0 Å². The maximum Gasteiger partial charge on any atom is 0.240 e. The van der Waals surface area contributed by atoms with Gasteiger partial charge in [-0.25, -0.2) is 0 Å². The normalized spacial score (nSPS) is 21.6. The van der Waals surface area contributed by atoms with Crippen LogP contribution in [-0.2, 0) is 11.3 Å². The summed E-state index contributed by atoms with van der Waals surface area (Å²) in [4.78, 5) is 16.8. The molecule has 0 radical (unpaired) electrons. The van der Waals surface area contributed by atoms with Crippen molar-refractivity contribution in [3.63, 3.8) is 0 Å². The number of nitrogens with zero attached hydrogens (tertiary/aromatic N) is 2. The molecule has 23 heavy (non-hydrogen) atoms. The van der Waals surface area contributed by atoms with E-state index in [1.807, 2.05) is 16.7 Å². The number of benzene rings is 1. The van der Waals surface area contributed by atoms with E-state index in [1.54, 1.807) is 0 Å². The fraction of sp³-hybridized carbons (Fsp3) is 0.588. The number of thioether (sulfide) groups is 1. The van der Waals surface area contributed by atoms with Gasteiger partial charge in [0.15, 0.2) is 0 Å². The first kappa shape index (κ1) is 17.5. The number of nitrogens with two attached hydrogens (primary N) is 1. The summed E-state index contributed by atoms with van der Waals surface area (Å²) in [6.45, 7) is 3.93. The molecule has 4 nitrogen and oxygen atoms in total. The van der Waals surface area contributed by atoms with Crippen LogP contribution in [0.5, 0.6) is 0 Å². The third-order valence-corrected chi connectivity index (χ3v) is 6.49. The molecule has 0 spiro atoms. The zero-order valence-corrected chi connectivity index (χ0v) is 16.3. The first-order chi connectivity index (χ1) is 11.1. The molecule has 2 heterocycles. The lowest BCUT2D eigenvalue weighted by Crippen LogP contribution is -2.49. The molecule has 6 heteroatoms. The minimum Gasteiger partial charge on any atom is -0.331 e. The average molecular weight is 445 g/mol. The van der Waals surface area contributed by atoms with Crippen molar-refractivity contribution < 1.29 is 4.79 Å². The second-order valence-corrected chi connectivity index (χ2v) is 8.73. The van der Waals surface area contributed by atoms with Crippen LogP contribution >= 0.6 is 34.4 Å². The van der Waals surface area contributed by atoms with E-state index in [-0.39, 0.29) is 11.9 Å². The van der Waals surface area contributed by atoms with Crippen molar-refractivity contribution in [1.29, 1.82) is 0 Å². The van der Waals surface area contributed by atoms with Gasteiger partial charge in [-0.2, -0.15) is 0 Å². The fourth-order valence-corrected chi connectivity index (χ4v) is 4.63. The molecule has 1 aromatic carbocycles. The number of carbonyl (C=O) groups excluding carboxylic acids is 1. The molecule has 2 saturated heterocycles. The Labute approximate surface area is 156 Å². The summed E-state index contributed by atoms with van der Waals surface area (Å²) >= 11 is 4.15. The van der Waals surface area contributed by atoms with Gasteiger partial charge in [0.2, 0.25) is 5.91 Å². The van der Waals surface area contributed by atoms with Crippen molar-refractivity contribution in [3.05, 3.63) is 33.4 Å². The molecule has 0 aromatic heterocycles. The molecule has 1 amide bonds. The molecular formula is C17H24IN3OS. The Kier molecular flexibility index (Phi) is 6.23. The van der Waals surface area contributed by atoms with Crippen molar-refractivity contribution in [2.24, 2.45) is 11.7 Å². The van der Waals surface area contributed by atoms with Gasteiger partial charge in [0, 0.05) is 22.4 Å². The van der Waals surface area contributed by atoms with Crippen molar-refractivity contribution in [2.45, 2.75) is 25.4 Å². The summed E-state index contributed by atoms with van der Waals surface area (Å²) in [7, 11) is 0. The number of likely N-dealkylation sites (tertiary alicyclic amines) is 1. The van der Waals surface area contributed by atoms with Gasteiger partial charge >= 0.3 is 0 Å². The van der Waals surface area contributed by atoms with E-state index in [0.29, 0.717) is 5.92 Å². The Morgan fingerprint density at radius 2 is 1.96 bits per heavy atom. The van der Waals surface area contributed by atoms with Crippen molar-refractivity contribution in [1.82, 2.24) is 9.80 Å². The predicted octanol–water partition coefficient (Wildman–Crippen LogP) is 2.36. The van der Waals surface area contributed by atoms with Gasteiger partial charge in [-0.15, -0.1) is 11.8 Å². The summed E-state index contributed by atoms with van der Waals surface area (Å²) in [5, 5.41) is 0. The van der Waals surface area contributed by atoms with E-state index >= 15 is 0 Å². The fourth-order valence-electron chi connectivity index (χ4n) is 3.32. The van der Waals surface area contributed by atoms with Crippen LogP contribution in [0.3, 0.4) is 0 Å². The molecule has 2 aliphatic heterocycles. The SMILES string of the molecule is N[C@H](C(=O)N1CCSC1)C1CCN(Cc2ccc(I)cc2)CC1. The van der Waals surface area contributed by atoms with Gasteiger partial charge in [0.1, 0.15) is 0 Å². The van der Waals surface area contributed by atoms with Crippen LogP contribution in [0.25, 0.3) is 0 Å². The first-order valence-corrected chi connectivity index (χ1v) is 10.5. The van der Waals surface area contributed by atoms with E-state index in [1.165, 1.54) is 9.13 Å². The second kappa shape index (κ2) is 8.18. The molecule has 1 aromatic rings. The van der Waals surface area contributed by atoms with Crippen molar-refractivity contribution in [2.75, 3.05) is 31.3 Å². The molecular weight excluding hydrogens is 421 g/mol. The van der Waals surface area contributed by atoms with Crippen LogP contribution in [0.1, 0.15) is 18.4 Å². The Morgan fingerprint density at radius 3 is 2.57 bits per heavy atom. The Bertz CT molecular complexity index is 525. The number of rotatable bonds is 4. The van der Waals surface area contributed by atoms with Gasteiger partial charge in [-0.1, -0.05) is 12.1 Å². The number of hydrogen-bond acceptors (Lipinski definition) is 4. The van der Waals surface area contributed by atoms with Crippen LogP contribution in [-0.4, -0.2) is 53.0 Å². The highest BCUT2D eigenvalue weighted by atomic mass is 127. The first-order valence-electron chi connectivity index (χ1n) is 8.22. The highest BCUT2D eigenvalue weighted by Crippen LogP contribution is 2.24. The minimum atomic E-state index is -0.311. The zero-order valence-electron chi connectivity index (χ0n) is 13.3. The van der Waals surface area contributed by atoms with Gasteiger partial charge in [-0.05, 0) is 72.1 Å². The summed E-state index contributed by atoms with van der Waals surface area (Å²) in [5.74, 6) is 2.36. The lowest BCUT2D eigenvalue weighted by molar-refractivity contribution is -0.132. The molecule has 0 saturated carbocycles. The van der Waals surface area contributed by atoms with Gasteiger partial charge in [0.25, 0.3) is 0 Å². The second-order valence-electron chi connectivity index (χ2n) is 6.40. The molecule has 2 aliphatic rings. The van der Waals surface area contributed by atoms with Crippen LogP contribution in [0.15, 0.2) is 24.3 Å². The van der Waals surface area contributed by atoms with Crippen molar-refractivity contribution >= 4 is 40.3 Å². The van der Waals surface area contributed by atoms with Crippen LogP contribution in [0, 0.1) is 9.49 Å². The third kappa shape index (κ3) is 4.61. The molecule has 3 rings (SSSR count). The zero-order chi connectivity index (χ0) is 16.2. The summed E-state index contributed by atoms with van der Waals surface area (Å²) < 4.78 is 1.27. The lowest BCUT2D eigenvalue weighted by atomic mass is 9.89. The third-order valence-electron chi connectivity index (χ3n) is 4.81. The van der Waals surface area contributed by atoms with Gasteiger partial charge < -0.3 is 10.6 Å². The Morgan fingerprint density at radius 1 is 1.26 bits per heavy atom. The topological polar surface area (TPSA) is 49.6 Å². The number of carbonyl (C=O) groups is 1. The summed E-state index contributed by atoms with van der Waals surface area (Å²) in [5.41, 5.74) is 7.63. The standard InChI is InChI=1S/C17H24IN3OS/c18-15-3-1-13(2-4-15)11-20-7-5-14(6-8-20)16(19)17(22)21-9-10-23-12-21/h1-4,14,16H,5-12,19H2/t16-/m0/s1. The highest BCUT2D eigenvalue weighted by Gasteiger charge is 2.32. The smallest absolute Gasteiger partial charge is 0.240 e. The van der Waals surface area contributed by atoms with E-state index in [4.69, 9.17) is 5.73 Å². The Balaban J connectivity index is 1.47. The van der Waals surface area contributed by atoms with E-state index < -0.39 is 0 Å². The number of amides is 1. The molecule has 2 N–H and O–H groups in total. The summed E-state index contributed by atoms with van der Waals surface area (Å²) in [6.07, 6.45) is 2.05. The number of hydrogen-bond donors (Lipinski definition) is 1. The lowest BCUT2D eigenvalue weighted by Gasteiger charge is -2.35. The van der Waals surface area contributed by atoms with Crippen LogP contribution in [0.2, 0.25) is 0 Å². The largest absolute Gasteiger partial charge is 0.331 e. The van der Waals surface area contributed by atoms with Gasteiger partial charge in [0.05, 0.1) is 11.9 Å². The molecule has 0 unspecified atom stereocenters. The average Bonchev–Trinajstić information content (AvgIpc) is 3.11.